The molecule has 2 rings (SSSR count). The Morgan fingerprint density at radius 3 is 2.83 bits per heavy atom. The first-order valence-corrected chi connectivity index (χ1v) is 6.11. The maximum atomic E-state index is 13.1. The quantitative estimate of drug-likeness (QED) is 0.902. The van der Waals surface area contributed by atoms with E-state index >= 15 is 0 Å². The van der Waals surface area contributed by atoms with Gasteiger partial charge in [-0.05, 0) is 12.1 Å². The van der Waals surface area contributed by atoms with Gasteiger partial charge in [-0.3, -0.25) is 4.79 Å². The molecule has 1 aliphatic heterocycles. The lowest BCUT2D eigenvalue weighted by Crippen LogP contribution is -2.47. The predicted molar refractivity (Wildman–Crippen MR) is 66.4 cm³/mol. The Balaban J connectivity index is 1.86. The van der Waals surface area contributed by atoms with Gasteiger partial charge in [0.25, 0.3) is 5.91 Å². The molecule has 4 nitrogen and oxygen atoms in total. The van der Waals surface area contributed by atoms with E-state index < -0.39 is 5.82 Å². The molecule has 1 amide bonds. The van der Waals surface area contributed by atoms with Crippen molar-refractivity contribution >= 4 is 17.5 Å². The van der Waals surface area contributed by atoms with Crippen LogP contribution in [0.5, 0.6) is 5.75 Å². The SMILES string of the molecule is O=C(COc1ccc(Cl)c(F)c1)N1CCNCC1. The summed E-state index contributed by atoms with van der Waals surface area (Å²) in [5, 5.41) is 3.20. The lowest BCUT2D eigenvalue weighted by Gasteiger charge is -2.27. The average molecular weight is 273 g/mol. The van der Waals surface area contributed by atoms with E-state index in [-0.39, 0.29) is 17.5 Å². The molecule has 1 fully saturated rings. The van der Waals surface area contributed by atoms with Crippen molar-refractivity contribution in [3.05, 3.63) is 29.0 Å². The van der Waals surface area contributed by atoms with Gasteiger partial charge in [-0.15, -0.1) is 0 Å². The maximum absolute atomic E-state index is 13.1. The van der Waals surface area contributed by atoms with Gasteiger partial charge in [0.2, 0.25) is 0 Å². The number of hydrogen-bond acceptors (Lipinski definition) is 3. The molecule has 0 saturated carbocycles. The van der Waals surface area contributed by atoms with E-state index in [0.717, 1.165) is 13.1 Å². The molecule has 1 aromatic carbocycles. The highest BCUT2D eigenvalue weighted by molar-refractivity contribution is 6.30. The van der Waals surface area contributed by atoms with Crippen LogP contribution in [0.2, 0.25) is 5.02 Å². The van der Waals surface area contributed by atoms with Gasteiger partial charge in [-0.25, -0.2) is 4.39 Å². The highest BCUT2D eigenvalue weighted by Crippen LogP contribution is 2.20. The van der Waals surface area contributed by atoms with Crippen LogP contribution in [0, 0.1) is 5.82 Å². The van der Waals surface area contributed by atoms with E-state index in [4.69, 9.17) is 16.3 Å². The number of carbonyl (C=O) groups excluding carboxylic acids is 1. The molecule has 1 heterocycles. The fourth-order valence-electron chi connectivity index (χ4n) is 1.72. The summed E-state index contributed by atoms with van der Waals surface area (Å²) in [5.41, 5.74) is 0. The second-order valence-electron chi connectivity index (χ2n) is 4.00. The van der Waals surface area contributed by atoms with Gasteiger partial charge in [-0.1, -0.05) is 11.6 Å². The molecule has 0 atom stereocenters. The third-order valence-electron chi connectivity index (χ3n) is 2.72. The van der Waals surface area contributed by atoms with Crippen molar-refractivity contribution in [2.75, 3.05) is 32.8 Å². The molecule has 0 spiro atoms. The number of benzene rings is 1. The summed E-state index contributed by atoms with van der Waals surface area (Å²) in [5.74, 6) is -0.337. The maximum Gasteiger partial charge on any atom is 0.260 e. The Morgan fingerprint density at radius 2 is 2.17 bits per heavy atom. The number of hydrogen-bond donors (Lipinski definition) is 1. The third-order valence-corrected chi connectivity index (χ3v) is 3.03. The topological polar surface area (TPSA) is 41.6 Å². The summed E-state index contributed by atoms with van der Waals surface area (Å²) in [7, 11) is 0. The summed E-state index contributed by atoms with van der Waals surface area (Å²) >= 11 is 5.55. The molecule has 0 bridgehead atoms. The van der Waals surface area contributed by atoms with Crippen LogP contribution in [0.25, 0.3) is 0 Å². The van der Waals surface area contributed by atoms with Crippen molar-refractivity contribution in [2.24, 2.45) is 0 Å². The number of carbonyl (C=O) groups is 1. The van der Waals surface area contributed by atoms with Crippen LogP contribution in [-0.2, 0) is 4.79 Å². The van der Waals surface area contributed by atoms with E-state index in [1.807, 2.05) is 0 Å². The second-order valence-corrected chi connectivity index (χ2v) is 4.40. The van der Waals surface area contributed by atoms with Crippen molar-refractivity contribution in [1.29, 1.82) is 0 Å². The lowest BCUT2D eigenvalue weighted by atomic mass is 10.3. The van der Waals surface area contributed by atoms with Crippen LogP contribution in [0.1, 0.15) is 0 Å². The summed E-state index contributed by atoms with van der Waals surface area (Å²) in [4.78, 5) is 13.5. The molecule has 1 saturated heterocycles. The minimum absolute atomic E-state index is 0.0378. The minimum atomic E-state index is -0.552. The van der Waals surface area contributed by atoms with Crippen LogP contribution in [0.4, 0.5) is 4.39 Å². The zero-order valence-corrected chi connectivity index (χ0v) is 10.5. The summed E-state index contributed by atoms with van der Waals surface area (Å²) < 4.78 is 18.4. The third kappa shape index (κ3) is 3.34. The molecule has 1 aromatic rings. The molecule has 1 N–H and O–H groups in total. The van der Waals surface area contributed by atoms with E-state index in [1.165, 1.54) is 18.2 Å². The summed E-state index contributed by atoms with van der Waals surface area (Å²) in [6, 6.07) is 4.12. The average Bonchev–Trinajstić information content (AvgIpc) is 2.41. The van der Waals surface area contributed by atoms with Crippen molar-refractivity contribution < 1.29 is 13.9 Å². The van der Waals surface area contributed by atoms with Gasteiger partial charge in [-0.2, -0.15) is 0 Å². The molecule has 0 radical (unpaired) electrons. The van der Waals surface area contributed by atoms with Gasteiger partial charge in [0.1, 0.15) is 11.6 Å². The van der Waals surface area contributed by atoms with Crippen LogP contribution in [0.15, 0.2) is 18.2 Å². The van der Waals surface area contributed by atoms with Gasteiger partial charge < -0.3 is 15.0 Å². The van der Waals surface area contributed by atoms with E-state index in [2.05, 4.69) is 5.32 Å². The normalized spacial score (nSPS) is 15.6. The fraction of sp³-hybridized carbons (Fsp3) is 0.417. The highest BCUT2D eigenvalue weighted by Gasteiger charge is 2.16. The van der Waals surface area contributed by atoms with Crippen LogP contribution >= 0.6 is 11.6 Å². The lowest BCUT2D eigenvalue weighted by molar-refractivity contribution is -0.133. The highest BCUT2D eigenvalue weighted by atomic mass is 35.5. The Morgan fingerprint density at radius 1 is 1.44 bits per heavy atom. The van der Waals surface area contributed by atoms with E-state index in [9.17, 15) is 9.18 Å². The summed E-state index contributed by atoms with van der Waals surface area (Å²) in [6.07, 6.45) is 0. The predicted octanol–water partition coefficient (Wildman–Crippen LogP) is 1.29. The first kappa shape index (κ1) is 13.1. The zero-order valence-electron chi connectivity index (χ0n) is 9.79. The number of ether oxygens (including phenoxy) is 1. The first-order valence-electron chi connectivity index (χ1n) is 5.73. The Kier molecular flexibility index (Phi) is 4.38. The molecular weight excluding hydrogens is 259 g/mol. The van der Waals surface area contributed by atoms with Crippen molar-refractivity contribution in [3.8, 4) is 5.75 Å². The number of halogens is 2. The molecule has 0 aromatic heterocycles. The van der Waals surface area contributed by atoms with Crippen molar-refractivity contribution in [3.63, 3.8) is 0 Å². The molecule has 18 heavy (non-hydrogen) atoms. The molecule has 0 aliphatic carbocycles. The largest absolute Gasteiger partial charge is 0.484 e. The second kappa shape index (κ2) is 6.02. The Labute approximate surface area is 110 Å². The molecular formula is C12H14ClFN2O2. The van der Waals surface area contributed by atoms with Gasteiger partial charge in [0.05, 0.1) is 5.02 Å². The van der Waals surface area contributed by atoms with E-state index in [1.54, 1.807) is 4.90 Å². The number of piperazine rings is 1. The van der Waals surface area contributed by atoms with Gasteiger partial charge >= 0.3 is 0 Å². The Bertz CT molecular complexity index is 436. The minimum Gasteiger partial charge on any atom is -0.484 e. The zero-order chi connectivity index (χ0) is 13.0. The Hall–Kier alpha value is -1.33. The summed E-state index contributed by atoms with van der Waals surface area (Å²) in [6.45, 7) is 2.86. The molecule has 1 aliphatic rings. The number of rotatable bonds is 3. The van der Waals surface area contributed by atoms with Crippen LogP contribution in [-0.4, -0.2) is 43.6 Å². The first-order chi connectivity index (χ1) is 8.66. The van der Waals surface area contributed by atoms with Crippen molar-refractivity contribution in [2.45, 2.75) is 0 Å². The van der Waals surface area contributed by atoms with Crippen LogP contribution in [0.3, 0.4) is 0 Å². The van der Waals surface area contributed by atoms with Gasteiger partial charge in [0.15, 0.2) is 6.61 Å². The number of nitrogens with zero attached hydrogens (tertiary/aromatic N) is 1. The number of nitrogens with one attached hydrogen (secondary N) is 1. The van der Waals surface area contributed by atoms with E-state index in [0.29, 0.717) is 18.8 Å². The fourth-order valence-corrected chi connectivity index (χ4v) is 1.83. The number of amides is 1. The standard InChI is InChI=1S/C12H14ClFN2O2/c13-10-2-1-9(7-11(10)14)18-8-12(17)16-5-3-15-4-6-16/h1-2,7,15H,3-6,8H2. The van der Waals surface area contributed by atoms with Gasteiger partial charge in [0, 0.05) is 32.2 Å². The van der Waals surface area contributed by atoms with Crippen LogP contribution < -0.4 is 10.1 Å². The molecule has 6 heteroatoms. The molecule has 98 valence electrons. The molecule has 0 unspecified atom stereocenters. The smallest absolute Gasteiger partial charge is 0.260 e. The monoisotopic (exact) mass is 272 g/mol. The van der Waals surface area contributed by atoms with Crippen molar-refractivity contribution in [1.82, 2.24) is 10.2 Å².